The fourth-order valence-electron chi connectivity index (χ4n) is 1.69. The maximum atomic E-state index is 11.5. The number of amides is 2. The van der Waals surface area contributed by atoms with Gasteiger partial charge < -0.3 is 10.0 Å². The number of hydrazone groups is 1. The first-order valence-electron chi connectivity index (χ1n) is 5.91. The van der Waals surface area contributed by atoms with Crippen molar-refractivity contribution >= 4 is 11.7 Å². The van der Waals surface area contributed by atoms with Crippen molar-refractivity contribution in [3.63, 3.8) is 0 Å². The summed E-state index contributed by atoms with van der Waals surface area (Å²) in [7, 11) is 1.70. The van der Waals surface area contributed by atoms with Gasteiger partial charge in [-0.05, 0) is 32.1 Å². The Morgan fingerprint density at radius 2 is 2.12 bits per heavy atom. The number of rotatable bonds is 4. The highest BCUT2D eigenvalue weighted by Crippen LogP contribution is 2.14. The molecule has 0 saturated heterocycles. The smallest absolute Gasteiger partial charge is 0.337 e. The summed E-state index contributed by atoms with van der Waals surface area (Å²) in [4.78, 5) is 13.0. The second-order valence-electron chi connectivity index (χ2n) is 4.15. The third kappa shape index (κ3) is 4.61. The summed E-state index contributed by atoms with van der Waals surface area (Å²) in [5, 5.41) is 12.8. The summed E-state index contributed by atoms with van der Waals surface area (Å²) in [5.74, 6) is 0. The maximum absolute atomic E-state index is 11.5. The summed E-state index contributed by atoms with van der Waals surface area (Å²) in [5.41, 5.74) is 3.65. The highest BCUT2D eigenvalue weighted by Gasteiger charge is 2.09. The number of nitrogens with one attached hydrogen (secondary N) is 1. The molecule has 0 atom stereocenters. The van der Waals surface area contributed by atoms with Crippen LogP contribution in [-0.4, -0.2) is 41.9 Å². The number of urea groups is 1. The Kier molecular flexibility index (Phi) is 5.85. The number of nitrogens with zero attached hydrogens (tertiary/aromatic N) is 2. The monoisotopic (exact) mass is 227 g/mol. The highest BCUT2D eigenvalue weighted by molar-refractivity contribution is 5.86. The molecule has 0 bridgehead atoms. The van der Waals surface area contributed by atoms with E-state index in [1.165, 1.54) is 24.2 Å². The molecule has 1 fully saturated rings. The van der Waals surface area contributed by atoms with E-state index in [0.717, 1.165) is 18.6 Å². The van der Waals surface area contributed by atoms with Crippen LogP contribution in [0, 0.1) is 0 Å². The van der Waals surface area contributed by atoms with Gasteiger partial charge in [0, 0.05) is 25.9 Å². The molecule has 16 heavy (non-hydrogen) atoms. The third-order valence-electron chi connectivity index (χ3n) is 2.74. The van der Waals surface area contributed by atoms with Crippen molar-refractivity contribution in [3.05, 3.63) is 0 Å². The Balaban J connectivity index is 2.27. The third-order valence-corrected chi connectivity index (χ3v) is 2.74. The van der Waals surface area contributed by atoms with Crippen LogP contribution in [-0.2, 0) is 0 Å². The van der Waals surface area contributed by atoms with Crippen molar-refractivity contribution in [1.82, 2.24) is 10.3 Å². The number of aliphatic hydroxyl groups is 1. The average molecular weight is 227 g/mol. The van der Waals surface area contributed by atoms with Crippen LogP contribution >= 0.6 is 0 Å². The molecule has 0 aromatic carbocycles. The first-order valence-corrected chi connectivity index (χ1v) is 5.91. The zero-order valence-corrected chi connectivity index (χ0v) is 9.91. The fourth-order valence-corrected chi connectivity index (χ4v) is 1.69. The zero-order chi connectivity index (χ0) is 11.8. The van der Waals surface area contributed by atoms with Crippen molar-refractivity contribution in [1.29, 1.82) is 0 Å². The van der Waals surface area contributed by atoms with E-state index in [4.69, 9.17) is 5.11 Å². The molecular formula is C11H21N3O2. The lowest BCUT2D eigenvalue weighted by Crippen LogP contribution is -2.36. The topological polar surface area (TPSA) is 64.9 Å². The number of hydrogen-bond acceptors (Lipinski definition) is 3. The Morgan fingerprint density at radius 3 is 2.75 bits per heavy atom. The molecule has 0 heterocycles. The van der Waals surface area contributed by atoms with Gasteiger partial charge in [-0.25, -0.2) is 10.2 Å². The Labute approximate surface area is 96.5 Å². The first kappa shape index (κ1) is 13.0. The van der Waals surface area contributed by atoms with E-state index >= 15 is 0 Å². The number of carbonyl (C=O) groups excluding carboxylic acids is 1. The van der Waals surface area contributed by atoms with E-state index < -0.39 is 0 Å². The molecule has 2 amide bonds. The van der Waals surface area contributed by atoms with Gasteiger partial charge in [-0.1, -0.05) is 6.42 Å². The molecular weight excluding hydrogens is 206 g/mol. The molecule has 0 aromatic rings. The van der Waals surface area contributed by atoms with Gasteiger partial charge in [0.15, 0.2) is 0 Å². The quantitative estimate of drug-likeness (QED) is 0.712. The average Bonchev–Trinajstić information content (AvgIpc) is 2.34. The van der Waals surface area contributed by atoms with E-state index in [1.54, 1.807) is 7.05 Å². The maximum Gasteiger partial charge on any atom is 0.337 e. The molecule has 0 aromatic heterocycles. The minimum Gasteiger partial charge on any atom is -0.396 e. The van der Waals surface area contributed by atoms with E-state index in [0.29, 0.717) is 13.0 Å². The van der Waals surface area contributed by atoms with Gasteiger partial charge in [0.2, 0.25) is 0 Å². The Bertz CT molecular complexity index is 246. The lowest BCUT2D eigenvalue weighted by molar-refractivity contribution is 0.202. The molecule has 1 saturated carbocycles. The summed E-state index contributed by atoms with van der Waals surface area (Å²) in [6, 6.07) is -0.202. The van der Waals surface area contributed by atoms with Crippen LogP contribution in [0.1, 0.15) is 38.5 Å². The molecule has 0 aliphatic heterocycles. The Morgan fingerprint density at radius 1 is 1.44 bits per heavy atom. The SMILES string of the molecule is CN(CCCO)C(=O)NN=C1CCCCC1. The second-order valence-corrected chi connectivity index (χ2v) is 4.15. The Hall–Kier alpha value is -1.10. The van der Waals surface area contributed by atoms with E-state index in [2.05, 4.69) is 10.5 Å². The van der Waals surface area contributed by atoms with Crippen LogP contribution in [0.3, 0.4) is 0 Å². The highest BCUT2D eigenvalue weighted by atomic mass is 16.3. The van der Waals surface area contributed by atoms with Crippen LogP contribution in [0.5, 0.6) is 0 Å². The molecule has 1 rings (SSSR count). The summed E-state index contributed by atoms with van der Waals surface area (Å²) in [6.07, 6.45) is 6.22. The molecule has 0 spiro atoms. The van der Waals surface area contributed by atoms with Gasteiger partial charge in [-0.15, -0.1) is 0 Å². The largest absolute Gasteiger partial charge is 0.396 e. The summed E-state index contributed by atoms with van der Waals surface area (Å²) >= 11 is 0. The van der Waals surface area contributed by atoms with Crippen molar-refractivity contribution in [3.8, 4) is 0 Å². The second kappa shape index (κ2) is 7.22. The standard InChI is InChI=1S/C11H21N3O2/c1-14(8-5-9-15)11(16)13-12-10-6-3-2-4-7-10/h15H,2-9H2,1H3,(H,13,16). The normalized spacial score (nSPS) is 15.8. The molecule has 2 N–H and O–H groups in total. The predicted molar refractivity (Wildman–Crippen MR) is 63.4 cm³/mol. The van der Waals surface area contributed by atoms with Gasteiger partial charge in [-0.2, -0.15) is 5.10 Å². The predicted octanol–water partition coefficient (Wildman–Crippen LogP) is 1.33. The van der Waals surface area contributed by atoms with Crippen LogP contribution in [0.15, 0.2) is 5.10 Å². The van der Waals surface area contributed by atoms with Crippen LogP contribution < -0.4 is 5.43 Å². The van der Waals surface area contributed by atoms with Gasteiger partial charge in [0.05, 0.1) is 0 Å². The molecule has 0 unspecified atom stereocenters. The molecule has 5 heteroatoms. The van der Waals surface area contributed by atoms with Crippen molar-refractivity contribution in [2.45, 2.75) is 38.5 Å². The lowest BCUT2D eigenvalue weighted by atomic mass is 9.99. The molecule has 1 aliphatic carbocycles. The first-order chi connectivity index (χ1) is 7.74. The number of aliphatic hydroxyl groups excluding tert-OH is 1. The lowest BCUT2D eigenvalue weighted by Gasteiger charge is -2.17. The number of hydrogen-bond donors (Lipinski definition) is 2. The minimum atomic E-state index is -0.202. The van der Waals surface area contributed by atoms with Crippen molar-refractivity contribution in [2.24, 2.45) is 5.10 Å². The molecule has 0 radical (unpaired) electrons. The molecule has 5 nitrogen and oxygen atoms in total. The summed E-state index contributed by atoms with van der Waals surface area (Å²) < 4.78 is 0. The zero-order valence-electron chi connectivity index (χ0n) is 9.91. The van der Waals surface area contributed by atoms with Crippen molar-refractivity contribution < 1.29 is 9.90 Å². The van der Waals surface area contributed by atoms with E-state index in [-0.39, 0.29) is 12.6 Å². The molecule has 1 aliphatic rings. The van der Waals surface area contributed by atoms with Crippen LogP contribution in [0.2, 0.25) is 0 Å². The number of carbonyl (C=O) groups is 1. The van der Waals surface area contributed by atoms with E-state index in [9.17, 15) is 4.79 Å². The van der Waals surface area contributed by atoms with Gasteiger partial charge in [-0.3, -0.25) is 0 Å². The van der Waals surface area contributed by atoms with Gasteiger partial charge in [0.1, 0.15) is 0 Å². The fraction of sp³-hybridized carbons (Fsp3) is 0.818. The summed E-state index contributed by atoms with van der Waals surface area (Å²) in [6.45, 7) is 0.652. The van der Waals surface area contributed by atoms with Crippen LogP contribution in [0.4, 0.5) is 4.79 Å². The van der Waals surface area contributed by atoms with E-state index in [1.807, 2.05) is 0 Å². The van der Waals surface area contributed by atoms with Gasteiger partial charge in [0.25, 0.3) is 0 Å². The minimum absolute atomic E-state index is 0.103. The molecule has 92 valence electrons. The van der Waals surface area contributed by atoms with Crippen molar-refractivity contribution in [2.75, 3.05) is 20.2 Å². The van der Waals surface area contributed by atoms with Gasteiger partial charge >= 0.3 is 6.03 Å². The van der Waals surface area contributed by atoms with Crippen LogP contribution in [0.25, 0.3) is 0 Å².